The predicted molar refractivity (Wildman–Crippen MR) is 126 cm³/mol. The van der Waals surface area contributed by atoms with Crippen molar-refractivity contribution >= 4 is 40.9 Å². The van der Waals surface area contributed by atoms with Gasteiger partial charge in [-0.1, -0.05) is 35.9 Å². The number of amides is 2. The molecule has 1 heterocycles. The van der Waals surface area contributed by atoms with Crippen molar-refractivity contribution in [3.8, 4) is 6.07 Å². The van der Waals surface area contributed by atoms with Crippen molar-refractivity contribution in [2.24, 2.45) is 0 Å². The quantitative estimate of drug-likeness (QED) is 0.515. The average molecular weight is 480 g/mol. The maximum Gasteiger partial charge on any atom is 0.238 e. The number of fused-ring (bicyclic) bond motifs is 1. The molecule has 5 nitrogen and oxygen atoms in total. The van der Waals surface area contributed by atoms with Gasteiger partial charge < -0.3 is 10.2 Å². The first-order valence-corrected chi connectivity index (χ1v) is 11.5. The molecule has 0 saturated heterocycles. The summed E-state index contributed by atoms with van der Waals surface area (Å²) in [7, 11) is 0. The molecule has 33 heavy (non-hydrogen) atoms. The lowest BCUT2D eigenvalue weighted by atomic mass is 10.1. The van der Waals surface area contributed by atoms with Gasteiger partial charge in [0.1, 0.15) is 5.82 Å². The van der Waals surface area contributed by atoms with E-state index in [0.29, 0.717) is 21.8 Å². The van der Waals surface area contributed by atoms with Crippen molar-refractivity contribution in [3.05, 3.63) is 94.3 Å². The van der Waals surface area contributed by atoms with Crippen LogP contribution in [0.15, 0.2) is 71.6 Å². The lowest BCUT2D eigenvalue weighted by Crippen LogP contribution is -2.37. The van der Waals surface area contributed by atoms with Gasteiger partial charge in [-0.3, -0.25) is 9.59 Å². The first kappa shape index (κ1) is 22.8. The van der Waals surface area contributed by atoms with Crippen molar-refractivity contribution in [1.29, 1.82) is 5.26 Å². The van der Waals surface area contributed by atoms with Gasteiger partial charge in [-0.05, 0) is 53.6 Å². The third-order valence-electron chi connectivity index (χ3n) is 5.19. The summed E-state index contributed by atoms with van der Waals surface area (Å²) >= 11 is 7.33. The van der Waals surface area contributed by atoms with Crippen LogP contribution < -0.4 is 5.32 Å². The number of hydrogen-bond acceptors (Lipinski definition) is 4. The van der Waals surface area contributed by atoms with Crippen molar-refractivity contribution in [2.45, 2.75) is 29.7 Å². The average Bonchev–Trinajstić information content (AvgIpc) is 2.80. The highest BCUT2D eigenvalue weighted by Gasteiger charge is 2.31. The van der Waals surface area contributed by atoms with Crippen LogP contribution in [0.3, 0.4) is 0 Å². The number of benzene rings is 3. The third kappa shape index (κ3) is 5.72. The minimum atomic E-state index is -0.595. The molecule has 1 unspecified atom stereocenters. The summed E-state index contributed by atoms with van der Waals surface area (Å²) in [5.41, 5.74) is 2.64. The van der Waals surface area contributed by atoms with E-state index in [9.17, 15) is 14.0 Å². The number of nitrogens with one attached hydrogen (secondary N) is 1. The van der Waals surface area contributed by atoms with Crippen LogP contribution in [-0.4, -0.2) is 22.0 Å². The summed E-state index contributed by atoms with van der Waals surface area (Å²) in [4.78, 5) is 28.4. The summed E-state index contributed by atoms with van der Waals surface area (Å²) in [6.07, 6.45) is -0.00976. The minimum Gasteiger partial charge on any atom is -0.334 e. The maximum atomic E-state index is 13.7. The van der Waals surface area contributed by atoms with Crippen molar-refractivity contribution < 1.29 is 14.0 Å². The third-order valence-corrected chi connectivity index (χ3v) is 6.70. The fourth-order valence-electron chi connectivity index (χ4n) is 3.54. The lowest BCUT2D eigenvalue weighted by molar-refractivity contribution is -0.133. The smallest absolute Gasteiger partial charge is 0.238 e. The Labute approximate surface area is 200 Å². The molecular formula is C25H19ClFN3O2S. The summed E-state index contributed by atoms with van der Waals surface area (Å²) in [5, 5.41) is 11.8. The Morgan fingerprint density at radius 3 is 2.58 bits per heavy atom. The number of anilines is 1. The molecule has 0 aromatic heterocycles. The molecule has 1 aliphatic rings. The predicted octanol–water partition coefficient (Wildman–Crippen LogP) is 5.38. The minimum absolute atomic E-state index is 0.00976. The van der Waals surface area contributed by atoms with Crippen LogP contribution in [0.25, 0.3) is 0 Å². The number of nitrogens with zero attached hydrogens (tertiary/aromatic N) is 2. The van der Waals surface area contributed by atoms with Gasteiger partial charge in [0.25, 0.3) is 0 Å². The van der Waals surface area contributed by atoms with Gasteiger partial charge in [0.2, 0.25) is 11.8 Å². The van der Waals surface area contributed by atoms with E-state index in [1.165, 1.54) is 23.9 Å². The van der Waals surface area contributed by atoms with Crippen molar-refractivity contribution in [3.63, 3.8) is 0 Å². The number of thioether (sulfide) groups is 1. The van der Waals surface area contributed by atoms with Crippen molar-refractivity contribution in [2.75, 3.05) is 5.32 Å². The normalized spacial score (nSPS) is 14.7. The van der Waals surface area contributed by atoms with Crippen LogP contribution in [0.5, 0.6) is 0 Å². The Hall–Kier alpha value is -3.34. The van der Waals surface area contributed by atoms with Gasteiger partial charge in [-0.2, -0.15) is 5.26 Å². The largest absolute Gasteiger partial charge is 0.334 e. The molecule has 0 aliphatic carbocycles. The second kappa shape index (κ2) is 10.1. The zero-order chi connectivity index (χ0) is 23.4. The maximum absolute atomic E-state index is 13.7. The van der Waals surface area contributed by atoms with Crippen LogP contribution in [0, 0.1) is 17.1 Å². The summed E-state index contributed by atoms with van der Waals surface area (Å²) in [6, 6.07) is 20.3. The summed E-state index contributed by atoms with van der Waals surface area (Å²) in [5.74, 6) is -0.864. The number of hydrogen-bond donors (Lipinski definition) is 1. The van der Waals surface area contributed by atoms with Crippen molar-refractivity contribution in [1.82, 2.24) is 4.90 Å². The zero-order valence-electron chi connectivity index (χ0n) is 17.4. The first-order valence-electron chi connectivity index (χ1n) is 10.2. The first-order chi connectivity index (χ1) is 15.9. The van der Waals surface area contributed by atoms with E-state index in [-0.39, 0.29) is 37.1 Å². The number of nitriles is 1. The van der Waals surface area contributed by atoms with Gasteiger partial charge in [0.05, 0.1) is 22.6 Å². The van der Waals surface area contributed by atoms with E-state index in [1.807, 2.05) is 6.07 Å². The van der Waals surface area contributed by atoms with Gasteiger partial charge in [0, 0.05) is 29.4 Å². The van der Waals surface area contributed by atoms with Crippen LogP contribution in [0.2, 0.25) is 5.02 Å². The monoisotopic (exact) mass is 479 g/mol. The van der Waals surface area contributed by atoms with E-state index in [1.54, 1.807) is 53.4 Å². The van der Waals surface area contributed by atoms with Crippen LogP contribution in [0.1, 0.15) is 23.1 Å². The molecule has 166 valence electrons. The lowest BCUT2D eigenvalue weighted by Gasteiger charge is -2.28. The molecule has 0 fully saturated rings. The van der Waals surface area contributed by atoms with E-state index >= 15 is 0 Å². The van der Waals surface area contributed by atoms with Crippen LogP contribution >= 0.6 is 23.4 Å². The number of carbonyl (C=O) groups is 2. The Morgan fingerprint density at radius 2 is 1.85 bits per heavy atom. The molecule has 8 heteroatoms. The van der Waals surface area contributed by atoms with E-state index in [2.05, 4.69) is 11.4 Å². The molecule has 1 N–H and O–H groups in total. The highest BCUT2D eigenvalue weighted by atomic mass is 35.5. The molecule has 3 aromatic carbocycles. The van der Waals surface area contributed by atoms with Crippen LogP contribution in [-0.2, 0) is 22.7 Å². The van der Waals surface area contributed by atoms with E-state index in [0.717, 1.165) is 10.5 Å². The molecule has 0 saturated carbocycles. The second-order valence-corrected chi connectivity index (χ2v) is 9.31. The number of carbonyl (C=O) groups excluding carboxylic acids is 2. The molecule has 0 radical (unpaired) electrons. The Kier molecular flexibility index (Phi) is 6.97. The molecule has 0 bridgehead atoms. The molecule has 4 rings (SSSR count). The molecule has 1 atom stereocenters. The van der Waals surface area contributed by atoms with Gasteiger partial charge in [0.15, 0.2) is 0 Å². The fourth-order valence-corrected chi connectivity index (χ4v) is 4.79. The second-order valence-electron chi connectivity index (χ2n) is 7.63. The van der Waals surface area contributed by atoms with Gasteiger partial charge in [-0.15, -0.1) is 11.8 Å². The SMILES string of the molecule is N#Cc1ccc(CN(Cc2cccc(F)c2)C(=O)CC2Sc3ccc(Cl)cc3NC2=O)cc1. The summed E-state index contributed by atoms with van der Waals surface area (Å²) in [6.45, 7) is 0.466. The van der Waals surface area contributed by atoms with E-state index in [4.69, 9.17) is 16.9 Å². The number of halogens is 2. The summed E-state index contributed by atoms with van der Waals surface area (Å²) < 4.78 is 13.7. The Balaban J connectivity index is 1.53. The molecule has 0 spiro atoms. The molecule has 1 aliphatic heterocycles. The highest BCUT2D eigenvalue weighted by Crippen LogP contribution is 2.38. The zero-order valence-corrected chi connectivity index (χ0v) is 19.0. The Bertz CT molecular complexity index is 1240. The van der Waals surface area contributed by atoms with Gasteiger partial charge >= 0.3 is 0 Å². The topological polar surface area (TPSA) is 73.2 Å². The highest BCUT2D eigenvalue weighted by molar-refractivity contribution is 8.01. The molecule has 3 aromatic rings. The fraction of sp³-hybridized carbons (Fsp3) is 0.160. The van der Waals surface area contributed by atoms with E-state index < -0.39 is 5.25 Å². The van der Waals surface area contributed by atoms with Crippen LogP contribution in [0.4, 0.5) is 10.1 Å². The molecule has 2 amide bonds. The molecular weight excluding hydrogens is 461 g/mol. The Morgan fingerprint density at radius 1 is 1.09 bits per heavy atom. The standard InChI is InChI=1S/C25H19ClFN3O2S/c26-19-8-9-22-21(11-19)29-25(32)23(33-22)12-24(31)30(15-18-2-1-3-20(27)10-18)14-17-6-4-16(13-28)5-7-17/h1-11,23H,12,14-15H2,(H,29,32). The van der Waals surface area contributed by atoms with Gasteiger partial charge in [-0.25, -0.2) is 4.39 Å². The number of rotatable bonds is 6.